The molecule has 1 unspecified atom stereocenters. The zero-order valence-electron chi connectivity index (χ0n) is 13.3. The van der Waals surface area contributed by atoms with Crippen LogP contribution in [0.2, 0.25) is 0 Å². The molecule has 3 N–H and O–H groups in total. The molecule has 0 aromatic heterocycles. The van der Waals surface area contributed by atoms with Crippen molar-refractivity contribution in [2.75, 3.05) is 18.9 Å². The lowest BCUT2D eigenvalue weighted by Gasteiger charge is -2.31. The SMILES string of the molecule is CC(N)(C[S@@](=O)(=NCCO)C(C)(C)C#N)c1cc(Br)ccc1F. The van der Waals surface area contributed by atoms with Gasteiger partial charge in [-0.05, 0) is 39.0 Å². The molecule has 23 heavy (non-hydrogen) atoms. The Morgan fingerprint density at radius 3 is 2.61 bits per heavy atom. The molecule has 2 atom stereocenters. The number of nitriles is 1. The summed E-state index contributed by atoms with van der Waals surface area (Å²) >= 11 is 3.26. The predicted molar refractivity (Wildman–Crippen MR) is 92.7 cm³/mol. The lowest BCUT2D eigenvalue weighted by atomic mass is 9.95. The van der Waals surface area contributed by atoms with Gasteiger partial charge in [0.05, 0.1) is 40.2 Å². The Morgan fingerprint density at radius 1 is 1.48 bits per heavy atom. The van der Waals surface area contributed by atoms with Gasteiger partial charge in [-0.3, -0.25) is 0 Å². The second-order valence-electron chi connectivity index (χ2n) is 6.02. The van der Waals surface area contributed by atoms with Crippen molar-refractivity contribution in [3.8, 4) is 6.07 Å². The van der Waals surface area contributed by atoms with Crippen molar-refractivity contribution >= 4 is 25.7 Å². The maximum absolute atomic E-state index is 14.1. The van der Waals surface area contributed by atoms with Crippen molar-refractivity contribution in [2.24, 2.45) is 10.1 Å². The minimum Gasteiger partial charge on any atom is -0.394 e. The van der Waals surface area contributed by atoms with Crippen molar-refractivity contribution in [1.29, 1.82) is 5.26 Å². The average molecular weight is 406 g/mol. The van der Waals surface area contributed by atoms with Crippen LogP contribution < -0.4 is 5.73 Å². The second kappa shape index (κ2) is 7.26. The van der Waals surface area contributed by atoms with E-state index >= 15 is 0 Å². The zero-order valence-corrected chi connectivity index (χ0v) is 15.7. The minimum absolute atomic E-state index is 0.0685. The number of halogens is 2. The normalized spacial score (nSPS) is 17.0. The highest BCUT2D eigenvalue weighted by Crippen LogP contribution is 2.30. The Kier molecular flexibility index (Phi) is 6.32. The van der Waals surface area contributed by atoms with Crippen LogP contribution in [-0.4, -0.2) is 33.0 Å². The fourth-order valence-electron chi connectivity index (χ4n) is 2.07. The van der Waals surface area contributed by atoms with E-state index in [2.05, 4.69) is 20.3 Å². The Labute approximate surface area is 145 Å². The van der Waals surface area contributed by atoms with Crippen LogP contribution in [0.3, 0.4) is 0 Å². The Bertz CT molecular complexity index is 735. The highest BCUT2D eigenvalue weighted by Gasteiger charge is 2.39. The molecule has 8 heteroatoms. The molecular weight excluding hydrogens is 385 g/mol. The maximum Gasteiger partial charge on any atom is 0.135 e. The topological polar surface area (TPSA) is 99.5 Å². The average Bonchev–Trinajstić information content (AvgIpc) is 2.46. The molecule has 1 aromatic rings. The lowest BCUT2D eigenvalue weighted by molar-refractivity contribution is 0.307. The number of nitrogens with zero attached hydrogens (tertiary/aromatic N) is 2. The number of hydrogen-bond acceptors (Lipinski definition) is 5. The third-order valence-electron chi connectivity index (χ3n) is 3.51. The summed E-state index contributed by atoms with van der Waals surface area (Å²) in [6.07, 6.45) is 0. The molecule has 0 fully saturated rings. The van der Waals surface area contributed by atoms with E-state index in [1.54, 1.807) is 13.0 Å². The molecule has 0 amide bonds. The van der Waals surface area contributed by atoms with E-state index in [4.69, 9.17) is 10.8 Å². The van der Waals surface area contributed by atoms with Gasteiger partial charge in [-0.15, -0.1) is 0 Å². The van der Waals surface area contributed by atoms with Crippen molar-refractivity contribution in [3.63, 3.8) is 0 Å². The molecule has 0 aliphatic carbocycles. The third-order valence-corrected chi connectivity index (χ3v) is 7.28. The molecule has 0 bridgehead atoms. The number of nitrogens with two attached hydrogens (primary N) is 1. The fraction of sp³-hybridized carbons (Fsp3) is 0.533. The van der Waals surface area contributed by atoms with E-state index in [0.29, 0.717) is 4.47 Å². The Balaban J connectivity index is 3.41. The van der Waals surface area contributed by atoms with Gasteiger partial charge in [0.1, 0.15) is 10.6 Å². The monoisotopic (exact) mass is 405 g/mol. The van der Waals surface area contributed by atoms with Gasteiger partial charge in [0.25, 0.3) is 0 Å². The van der Waals surface area contributed by atoms with Crippen molar-refractivity contribution in [2.45, 2.75) is 31.1 Å². The maximum atomic E-state index is 14.1. The first kappa shape index (κ1) is 20.0. The molecule has 0 aliphatic heterocycles. The summed E-state index contributed by atoms with van der Waals surface area (Å²) in [5, 5.41) is 18.3. The molecule has 0 saturated heterocycles. The molecular formula is C15H21BrFN3O2S. The van der Waals surface area contributed by atoms with Crippen LogP contribution in [0.5, 0.6) is 0 Å². The van der Waals surface area contributed by atoms with Crippen LogP contribution >= 0.6 is 15.9 Å². The van der Waals surface area contributed by atoms with Crippen molar-refractivity contribution in [3.05, 3.63) is 34.1 Å². The number of aliphatic hydroxyl groups excluding tert-OH is 1. The van der Waals surface area contributed by atoms with E-state index in [1.165, 1.54) is 26.0 Å². The van der Waals surface area contributed by atoms with E-state index < -0.39 is 25.8 Å². The fourth-order valence-corrected chi connectivity index (χ4v) is 4.69. The highest BCUT2D eigenvalue weighted by atomic mass is 79.9. The summed E-state index contributed by atoms with van der Waals surface area (Å²) < 4.78 is 30.8. The first-order valence-electron chi connectivity index (χ1n) is 6.96. The van der Waals surface area contributed by atoms with Gasteiger partial charge in [0.15, 0.2) is 0 Å². The zero-order chi connectivity index (χ0) is 17.9. The smallest absolute Gasteiger partial charge is 0.135 e. The van der Waals surface area contributed by atoms with Gasteiger partial charge >= 0.3 is 0 Å². The Morgan fingerprint density at radius 2 is 2.09 bits per heavy atom. The largest absolute Gasteiger partial charge is 0.394 e. The first-order valence-corrected chi connectivity index (χ1v) is 9.43. The summed E-state index contributed by atoms with van der Waals surface area (Å²) in [5.41, 5.74) is 5.14. The quantitative estimate of drug-likeness (QED) is 0.758. The van der Waals surface area contributed by atoms with Crippen LogP contribution in [0.1, 0.15) is 26.3 Å². The standard InChI is InChI=1S/C15H21BrFN3O2S/c1-14(2,9-18)23(22,20-6-7-21)10-15(3,19)12-8-11(16)4-5-13(12)17/h4-5,8,21H,6-7,10,19H2,1-3H3/t15?,23-/m0/s1. The molecule has 0 saturated carbocycles. The van der Waals surface area contributed by atoms with Crippen molar-refractivity contribution in [1.82, 2.24) is 0 Å². The molecule has 1 rings (SSSR count). The number of aliphatic hydroxyl groups is 1. The highest BCUT2D eigenvalue weighted by molar-refractivity contribution is 9.10. The molecule has 0 radical (unpaired) electrons. The molecule has 128 valence electrons. The van der Waals surface area contributed by atoms with Crippen LogP contribution in [0, 0.1) is 17.1 Å². The van der Waals surface area contributed by atoms with Gasteiger partial charge in [-0.2, -0.15) is 5.26 Å². The van der Waals surface area contributed by atoms with E-state index in [-0.39, 0.29) is 24.5 Å². The van der Waals surface area contributed by atoms with Gasteiger partial charge in [-0.25, -0.2) is 13.0 Å². The summed E-state index contributed by atoms with van der Waals surface area (Å²) in [7, 11) is -3.12. The predicted octanol–water partition coefficient (Wildman–Crippen LogP) is 2.52. The van der Waals surface area contributed by atoms with Gasteiger partial charge in [0.2, 0.25) is 0 Å². The first-order chi connectivity index (χ1) is 10.5. The lowest BCUT2D eigenvalue weighted by Crippen LogP contribution is -2.46. The molecule has 0 heterocycles. The number of rotatable bonds is 6. The van der Waals surface area contributed by atoms with Gasteiger partial charge in [0, 0.05) is 10.0 Å². The summed E-state index contributed by atoms with van der Waals surface area (Å²) in [6.45, 7) is 4.21. The second-order valence-corrected chi connectivity index (χ2v) is 9.79. The van der Waals surface area contributed by atoms with Crippen LogP contribution in [0.15, 0.2) is 27.0 Å². The van der Waals surface area contributed by atoms with Crippen LogP contribution in [0.4, 0.5) is 4.39 Å². The molecule has 1 aromatic carbocycles. The molecule has 0 spiro atoms. The minimum atomic E-state index is -3.12. The summed E-state index contributed by atoms with van der Waals surface area (Å²) in [5.74, 6) is -0.717. The third kappa shape index (κ3) is 4.51. The van der Waals surface area contributed by atoms with E-state index in [0.717, 1.165) is 0 Å². The van der Waals surface area contributed by atoms with Crippen LogP contribution in [-0.2, 0) is 15.3 Å². The van der Waals surface area contributed by atoms with E-state index in [9.17, 15) is 13.9 Å². The van der Waals surface area contributed by atoms with Gasteiger partial charge < -0.3 is 10.8 Å². The number of benzene rings is 1. The van der Waals surface area contributed by atoms with Crippen molar-refractivity contribution < 1.29 is 13.7 Å². The van der Waals surface area contributed by atoms with E-state index in [1.807, 2.05) is 6.07 Å². The Hall–Kier alpha value is -1.01. The molecule has 5 nitrogen and oxygen atoms in total. The summed E-state index contributed by atoms with van der Waals surface area (Å²) in [6, 6.07) is 6.32. The van der Waals surface area contributed by atoms with Gasteiger partial charge in [-0.1, -0.05) is 15.9 Å². The number of hydrogen-bond donors (Lipinski definition) is 2. The summed E-state index contributed by atoms with van der Waals surface area (Å²) in [4.78, 5) is 0. The van der Waals surface area contributed by atoms with Crippen LogP contribution in [0.25, 0.3) is 0 Å². The molecule has 0 aliphatic rings.